The molecule has 1 rings (SSSR count). The van der Waals surface area contributed by atoms with Crippen molar-refractivity contribution >= 4 is 5.97 Å². The number of rotatable bonds is 6. The number of hydrogen-bond donors (Lipinski definition) is 1. The second-order valence-corrected chi connectivity index (χ2v) is 3.84. The fourth-order valence-electron chi connectivity index (χ4n) is 1.56. The Hall–Kier alpha value is -1.68. The lowest BCUT2D eigenvalue weighted by Gasteiger charge is -2.04. The topological polar surface area (TPSA) is 38.3 Å². The minimum absolute atomic E-state index is 0.242. The van der Waals surface area contributed by atoms with Crippen LogP contribution < -0.4 is 5.32 Å². The number of ether oxygens (including phenoxy) is 1. The minimum atomic E-state index is -0.301. The summed E-state index contributed by atoms with van der Waals surface area (Å²) in [6.45, 7) is 3.01. The molecule has 0 aromatic heterocycles. The van der Waals surface area contributed by atoms with E-state index in [0.717, 1.165) is 5.56 Å². The first-order valence-electron chi connectivity index (χ1n) is 5.90. The van der Waals surface area contributed by atoms with Gasteiger partial charge < -0.3 is 10.1 Å². The largest absolute Gasteiger partial charge is 0.466 e. The van der Waals surface area contributed by atoms with Crippen LogP contribution in [0.1, 0.15) is 18.9 Å². The van der Waals surface area contributed by atoms with Crippen LogP contribution in [0.25, 0.3) is 0 Å². The van der Waals surface area contributed by atoms with Crippen molar-refractivity contribution in [2.75, 3.05) is 13.7 Å². The van der Waals surface area contributed by atoms with Gasteiger partial charge in [-0.3, -0.25) is 0 Å². The van der Waals surface area contributed by atoms with Crippen molar-refractivity contribution in [3.63, 3.8) is 0 Å². The van der Waals surface area contributed by atoms with Crippen molar-refractivity contribution in [1.29, 1.82) is 0 Å². The number of carbonyl (C=O) groups is 1. The third kappa shape index (κ3) is 4.67. The van der Waals surface area contributed by atoms with Crippen molar-refractivity contribution < 1.29 is 13.9 Å². The zero-order chi connectivity index (χ0) is 13.4. The van der Waals surface area contributed by atoms with Gasteiger partial charge in [0.25, 0.3) is 0 Å². The third-order valence-electron chi connectivity index (χ3n) is 2.54. The summed E-state index contributed by atoms with van der Waals surface area (Å²) in [5.74, 6) is -0.543. The Labute approximate surface area is 107 Å². The maximum Gasteiger partial charge on any atom is 0.333 e. The van der Waals surface area contributed by atoms with E-state index < -0.39 is 0 Å². The van der Waals surface area contributed by atoms with Crippen molar-refractivity contribution in [3.8, 4) is 0 Å². The Kier molecular flexibility index (Phi) is 6.08. The molecule has 98 valence electrons. The standard InChI is InChI=1S/C14H18FNO2/c1-3-12(14(17)18-2)7-8-16-10-11-5-4-6-13(15)9-11/h4-7,9,16H,3,8,10H2,1-2H3/b12-7-. The first-order chi connectivity index (χ1) is 8.67. The molecular weight excluding hydrogens is 233 g/mol. The molecular formula is C14H18FNO2. The molecule has 0 bridgehead atoms. The van der Waals surface area contributed by atoms with Gasteiger partial charge in [0.15, 0.2) is 0 Å². The lowest BCUT2D eigenvalue weighted by Crippen LogP contribution is -2.15. The van der Waals surface area contributed by atoms with Crippen LogP contribution in [0.2, 0.25) is 0 Å². The first-order valence-corrected chi connectivity index (χ1v) is 5.90. The lowest BCUT2D eigenvalue weighted by atomic mass is 10.2. The summed E-state index contributed by atoms with van der Waals surface area (Å²) < 4.78 is 17.6. The number of esters is 1. The number of carbonyl (C=O) groups excluding carboxylic acids is 1. The molecule has 0 aliphatic heterocycles. The highest BCUT2D eigenvalue weighted by Gasteiger charge is 2.05. The van der Waals surface area contributed by atoms with Gasteiger partial charge >= 0.3 is 5.97 Å². The minimum Gasteiger partial charge on any atom is -0.466 e. The zero-order valence-corrected chi connectivity index (χ0v) is 10.7. The SMILES string of the molecule is CC/C(=C/CNCc1cccc(F)c1)C(=O)OC. The molecule has 1 N–H and O–H groups in total. The van der Waals surface area contributed by atoms with E-state index >= 15 is 0 Å². The highest BCUT2D eigenvalue weighted by molar-refractivity contribution is 5.88. The van der Waals surface area contributed by atoms with E-state index in [4.69, 9.17) is 0 Å². The van der Waals surface area contributed by atoms with E-state index in [0.29, 0.717) is 25.1 Å². The smallest absolute Gasteiger partial charge is 0.333 e. The fourth-order valence-corrected chi connectivity index (χ4v) is 1.56. The number of nitrogens with one attached hydrogen (secondary N) is 1. The Bertz CT molecular complexity index is 430. The van der Waals surface area contributed by atoms with E-state index in [2.05, 4.69) is 10.1 Å². The molecule has 0 amide bonds. The number of hydrogen-bond acceptors (Lipinski definition) is 3. The second kappa shape index (κ2) is 7.61. The van der Waals surface area contributed by atoms with Gasteiger partial charge in [-0.1, -0.05) is 25.1 Å². The monoisotopic (exact) mass is 251 g/mol. The second-order valence-electron chi connectivity index (χ2n) is 3.84. The molecule has 18 heavy (non-hydrogen) atoms. The molecule has 1 aromatic rings. The van der Waals surface area contributed by atoms with Crippen molar-refractivity contribution in [3.05, 3.63) is 47.3 Å². The van der Waals surface area contributed by atoms with Crippen LogP contribution in [0, 0.1) is 5.82 Å². The quantitative estimate of drug-likeness (QED) is 0.479. The van der Waals surface area contributed by atoms with E-state index in [1.807, 2.05) is 13.0 Å². The van der Waals surface area contributed by atoms with E-state index in [-0.39, 0.29) is 11.8 Å². The van der Waals surface area contributed by atoms with E-state index in [1.165, 1.54) is 19.2 Å². The molecule has 0 saturated carbocycles. The molecule has 4 heteroatoms. The molecule has 0 radical (unpaired) electrons. The molecule has 0 atom stereocenters. The Balaban J connectivity index is 2.42. The maximum atomic E-state index is 12.9. The van der Waals surface area contributed by atoms with Crippen molar-refractivity contribution in [2.45, 2.75) is 19.9 Å². The predicted octanol–water partition coefficient (Wildman–Crippen LogP) is 2.42. The van der Waals surface area contributed by atoms with E-state index in [1.54, 1.807) is 12.1 Å². The van der Waals surface area contributed by atoms with Crippen molar-refractivity contribution in [1.82, 2.24) is 5.32 Å². The van der Waals surface area contributed by atoms with Crippen LogP contribution in [-0.2, 0) is 16.1 Å². The Morgan fingerprint density at radius 1 is 1.50 bits per heavy atom. The van der Waals surface area contributed by atoms with Crippen LogP contribution in [0.5, 0.6) is 0 Å². The average molecular weight is 251 g/mol. The van der Waals surface area contributed by atoms with E-state index in [9.17, 15) is 9.18 Å². The summed E-state index contributed by atoms with van der Waals surface area (Å²) in [5.41, 5.74) is 1.52. The van der Waals surface area contributed by atoms with Gasteiger partial charge in [-0.15, -0.1) is 0 Å². The van der Waals surface area contributed by atoms with Crippen LogP contribution in [0.4, 0.5) is 4.39 Å². The zero-order valence-electron chi connectivity index (χ0n) is 10.7. The van der Waals surface area contributed by atoms with Crippen LogP contribution in [-0.4, -0.2) is 19.6 Å². The number of methoxy groups -OCH3 is 1. The van der Waals surface area contributed by atoms with Gasteiger partial charge in [0.1, 0.15) is 5.82 Å². The predicted molar refractivity (Wildman–Crippen MR) is 68.5 cm³/mol. The summed E-state index contributed by atoms with van der Waals surface area (Å²) in [5, 5.41) is 3.12. The molecule has 0 fully saturated rings. The maximum absolute atomic E-state index is 12.9. The average Bonchev–Trinajstić information content (AvgIpc) is 2.38. The fraction of sp³-hybridized carbons (Fsp3) is 0.357. The summed E-state index contributed by atoms with van der Waals surface area (Å²) in [4.78, 5) is 11.3. The lowest BCUT2D eigenvalue weighted by molar-refractivity contribution is -0.136. The summed E-state index contributed by atoms with van der Waals surface area (Å²) >= 11 is 0. The Morgan fingerprint density at radius 2 is 2.28 bits per heavy atom. The molecule has 0 heterocycles. The van der Waals surface area contributed by atoms with Crippen LogP contribution in [0.15, 0.2) is 35.9 Å². The number of benzene rings is 1. The van der Waals surface area contributed by atoms with Gasteiger partial charge in [0, 0.05) is 18.7 Å². The Morgan fingerprint density at radius 3 is 2.89 bits per heavy atom. The highest BCUT2D eigenvalue weighted by Crippen LogP contribution is 2.04. The third-order valence-corrected chi connectivity index (χ3v) is 2.54. The molecule has 1 aromatic carbocycles. The molecule has 0 saturated heterocycles. The van der Waals surface area contributed by atoms with Gasteiger partial charge in [-0.05, 0) is 24.1 Å². The number of halogens is 1. The molecule has 0 unspecified atom stereocenters. The summed E-state index contributed by atoms with van der Waals surface area (Å²) in [7, 11) is 1.37. The van der Waals surface area contributed by atoms with Crippen LogP contribution in [0.3, 0.4) is 0 Å². The van der Waals surface area contributed by atoms with Gasteiger partial charge in [0.2, 0.25) is 0 Å². The first kappa shape index (κ1) is 14.4. The molecule has 0 aliphatic carbocycles. The van der Waals surface area contributed by atoms with Gasteiger partial charge in [0.05, 0.1) is 7.11 Å². The molecule has 3 nitrogen and oxygen atoms in total. The van der Waals surface area contributed by atoms with Gasteiger partial charge in [-0.2, -0.15) is 0 Å². The van der Waals surface area contributed by atoms with Gasteiger partial charge in [-0.25, -0.2) is 9.18 Å². The summed E-state index contributed by atoms with van der Waals surface area (Å²) in [6.07, 6.45) is 2.43. The highest BCUT2D eigenvalue weighted by atomic mass is 19.1. The molecule has 0 aliphatic rings. The molecule has 0 spiro atoms. The van der Waals surface area contributed by atoms with Crippen molar-refractivity contribution in [2.24, 2.45) is 0 Å². The van der Waals surface area contributed by atoms with Crippen LogP contribution >= 0.6 is 0 Å². The summed E-state index contributed by atoms with van der Waals surface area (Å²) in [6, 6.07) is 6.42. The normalized spacial score (nSPS) is 11.4.